The number of benzene rings is 2. The number of anilines is 1. The zero-order chi connectivity index (χ0) is 21.0. The van der Waals surface area contributed by atoms with E-state index in [1.807, 2.05) is 30.3 Å². The maximum absolute atomic E-state index is 12.4. The van der Waals surface area contributed by atoms with Crippen molar-refractivity contribution in [3.63, 3.8) is 0 Å². The number of carbonyl (C=O) groups excluding carboxylic acids is 2. The summed E-state index contributed by atoms with van der Waals surface area (Å²) in [6, 6.07) is 13.4. The van der Waals surface area contributed by atoms with Gasteiger partial charge in [0.25, 0.3) is 17.5 Å². The van der Waals surface area contributed by atoms with E-state index in [2.05, 4.69) is 21.2 Å². The van der Waals surface area contributed by atoms with Gasteiger partial charge in [0.15, 0.2) is 0 Å². The largest absolute Gasteiger partial charge is 0.383 e. The van der Waals surface area contributed by atoms with Crippen molar-refractivity contribution < 1.29 is 14.5 Å². The average molecular weight is 411 g/mol. The fraction of sp³-hybridized carbons (Fsp3) is 0.105. The number of nitrogens with one attached hydrogen (secondary N) is 3. The normalized spacial score (nSPS) is 10.3. The van der Waals surface area contributed by atoms with Crippen molar-refractivity contribution >= 4 is 34.5 Å². The van der Waals surface area contributed by atoms with Gasteiger partial charge in [0.05, 0.1) is 10.6 Å². The minimum atomic E-state index is -0.672. The van der Waals surface area contributed by atoms with E-state index in [0.717, 1.165) is 11.6 Å². The van der Waals surface area contributed by atoms with E-state index in [4.69, 9.17) is 0 Å². The van der Waals surface area contributed by atoms with E-state index in [0.29, 0.717) is 15.6 Å². The number of thiazole rings is 1. The summed E-state index contributed by atoms with van der Waals surface area (Å²) in [5.41, 5.74) is 6.11. The number of carbonyl (C=O) groups is 2. The van der Waals surface area contributed by atoms with Gasteiger partial charge < -0.3 is 5.32 Å². The number of hydrazine groups is 1. The molecule has 9 nitrogen and oxygen atoms in total. The fourth-order valence-corrected chi connectivity index (χ4v) is 3.56. The molecule has 0 unspecified atom stereocenters. The Balaban J connectivity index is 1.71. The van der Waals surface area contributed by atoms with Crippen LogP contribution in [0.25, 0.3) is 10.6 Å². The standard InChI is InChI=1S/C19H17N5O4S/c1-11-16(29-19(21-11)12-6-4-3-5-7-12)18(26)23-22-17(25)13-8-9-14(20-2)15(10-13)24(27)28/h3-10,20H,1-2H3,(H,22,25)(H,23,26). The first-order valence-electron chi connectivity index (χ1n) is 8.50. The second-order valence-corrected chi connectivity index (χ2v) is 6.95. The van der Waals surface area contributed by atoms with E-state index in [-0.39, 0.29) is 16.9 Å². The topological polar surface area (TPSA) is 126 Å². The van der Waals surface area contributed by atoms with E-state index in [1.165, 1.54) is 23.5 Å². The molecule has 1 aromatic heterocycles. The quantitative estimate of drug-likeness (QED) is 0.437. The molecule has 0 aliphatic carbocycles. The summed E-state index contributed by atoms with van der Waals surface area (Å²) in [5, 5.41) is 14.5. The number of hydrogen-bond donors (Lipinski definition) is 3. The third kappa shape index (κ3) is 4.38. The number of nitrogens with zero attached hydrogens (tertiary/aromatic N) is 2. The molecule has 0 bridgehead atoms. The summed E-state index contributed by atoms with van der Waals surface area (Å²) < 4.78 is 0. The Morgan fingerprint density at radius 3 is 2.41 bits per heavy atom. The molecule has 1 heterocycles. The molecule has 0 aliphatic rings. The molecule has 0 radical (unpaired) electrons. The Bertz CT molecular complexity index is 1080. The van der Waals surface area contributed by atoms with Crippen LogP contribution in [0, 0.1) is 17.0 Å². The number of hydrogen-bond acceptors (Lipinski definition) is 7. The first kappa shape index (κ1) is 20.0. The van der Waals surface area contributed by atoms with Crippen LogP contribution >= 0.6 is 11.3 Å². The molecule has 2 aromatic carbocycles. The van der Waals surface area contributed by atoms with Crippen LogP contribution in [0.15, 0.2) is 48.5 Å². The Kier molecular flexibility index (Phi) is 5.84. The van der Waals surface area contributed by atoms with Gasteiger partial charge >= 0.3 is 0 Å². The molecule has 148 valence electrons. The van der Waals surface area contributed by atoms with Gasteiger partial charge in [-0.3, -0.25) is 30.6 Å². The molecule has 29 heavy (non-hydrogen) atoms. The first-order valence-corrected chi connectivity index (χ1v) is 9.32. The summed E-state index contributed by atoms with van der Waals surface area (Å²) >= 11 is 1.21. The van der Waals surface area contributed by atoms with E-state index < -0.39 is 16.7 Å². The van der Waals surface area contributed by atoms with Crippen LogP contribution in [0.5, 0.6) is 0 Å². The lowest BCUT2D eigenvalue weighted by Crippen LogP contribution is -2.41. The minimum Gasteiger partial charge on any atom is -0.383 e. The van der Waals surface area contributed by atoms with E-state index >= 15 is 0 Å². The highest BCUT2D eigenvalue weighted by atomic mass is 32.1. The van der Waals surface area contributed by atoms with Crippen LogP contribution in [-0.2, 0) is 0 Å². The van der Waals surface area contributed by atoms with Gasteiger partial charge in [-0.05, 0) is 19.1 Å². The van der Waals surface area contributed by atoms with Gasteiger partial charge in [0, 0.05) is 24.2 Å². The van der Waals surface area contributed by atoms with Gasteiger partial charge in [-0.1, -0.05) is 30.3 Å². The third-order valence-corrected chi connectivity index (χ3v) is 5.24. The molecule has 3 rings (SSSR count). The Morgan fingerprint density at radius 1 is 1.07 bits per heavy atom. The lowest BCUT2D eigenvalue weighted by atomic mass is 10.1. The molecule has 0 aliphatic heterocycles. The first-order chi connectivity index (χ1) is 13.9. The molecule has 10 heteroatoms. The summed E-state index contributed by atoms with van der Waals surface area (Å²) in [7, 11) is 1.55. The third-order valence-electron chi connectivity index (χ3n) is 4.04. The van der Waals surface area contributed by atoms with Gasteiger partial charge in [0.2, 0.25) is 0 Å². The van der Waals surface area contributed by atoms with Gasteiger partial charge in [-0.15, -0.1) is 11.3 Å². The predicted molar refractivity (Wildman–Crippen MR) is 110 cm³/mol. The molecule has 3 aromatic rings. The Hall–Kier alpha value is -3.79. The van der Waals surface area contributed by atoms with Gasteiger partial charge in [-0.2, -0.15) is 0 Å². The maximum Gasteiger partial charge on any atom is 0.293 e. The van der Waals surface area contributed by atoms with Crippen molar-refractivity contribution in [1.29, 1.82) is 0 Å². The van der Waals surface area contributed by atoms with E-state index in [9.17, 15) is 19.7 Å². The number of aromatic nitrogens is 1. The molecule has 0 atom stereocenters. The number of amides is 2. The second-order valence-electron chi connectivity index (χ2n) is 5.95. The molecule has 0 saturated carbocycles. The number of nitro benzene ring substituents is 1. The maximum atomic E-state index is 12.4. The Labute approximate surface area is 169 Å². The minimum absolute atomic E-state index is 0.0435. The van der Waals surface area contributed by atoms with Gasteiger partial charge in [0.1, 0.15) is 15.6 Å². The molecule has 0 fully saturated rings. The zero-order valence-electron chi connectivity index (χ0n) is 15.6. The smallest absolute Gasteiger partial charge is 0.293 e. The van der Waals surface area contributed by atoms with Crippen LogP contribution in [0.4, 0.5) is 11.4 Å². The predicted octanol–water partition coefficient (Wildman–Crippen LogP) is 3.14. The monoisotopic (exact) mass is 411 g/mol. The summed E-state index contributed by atoms with van der Waals surface area (Å²) in [5.74, 6) is -1.19. The SMILES string of the molecule is CNc1ccc(C(=O)NNC(=O)c2sc(-c3ccccc3)nc2C)cc1[N+](=O)[O-]. The molecule has 3 N–H and O–H groups in total. The fourth-order valence-electron chi connectivity index (χ4n) is 2.59. The van der Waals surface area contributed by atoms with Crippen molar-refractivity contribution in [2.45, 2.75) is 6.92 Å². The molecule has 2 amide bonds. The number of rotatable bonds is 5. The summed E-state index contributed by atoms with van der Waals surface area (Å²) in [6.45, 7) is 1.71. The number of aryl methyl sites for hydroxylation is 1. The average Bonchev–Trinajstić information content (AvgIpc) is 3.13. The number of nitro groups is 1. The summed E-state index contributed by atoms with van der Waals surface area (Å²) in [6.07, 6.45) is 0. The van der Waals surface area contributed by atoms with Gasteiger partial charge in [-0.25, -0.2) is 4.98 Å². The van der Waals surface area contributed by atoms with Crippen LogP contribution in [0.1, 0.15) is 25.7 Å². The van der Waals surface area contributed by atoms with Crippen molar-refractivity contribution in [1.82, 2.24) is 15.8 Å². The second kappa shape index (κ2) is 8.48. The highest BCUT2D eigenvalue weighted by Crippen LogP contribution is 2.28. The van der Waals surface area contributed by atoms with Crippen molar-refractivity contribution in [3.8, 4) is 10.6 Å². The van der Waals surface area contributed by atoms with Crippen LogP contribution in [-0.4, -0.2) is 28.8 Å². The lowest BCUT2D eigenvalue weighted by molar-refractivity contribution is -0.384. The highest BCUT2D eigenvalue weighted by molar-refractivity contribution is 7.17. The highest BCUT2D eigenvalue weighted by Gasteiger charge is 2.19. The molecule has 0 spiro atoms. The van der Waals surface area contributed by atoms with Crippen molar-refractivity contribution in [2.24, 2.45) is 0 Å². The molecular formula is C19H17N5O4S. The lowest BCUT2D eigenvalue weighted by Gasteiger charge is -2.08. The van der Waals surface area contributed by atoms with Crippen LogP contribution in [0.2, 0.25) is 0 Å². The van der Waals surface area contributed by atoms with E-state index in [1.54, 1.807) is 14.0 Å². The van der Waals surface area contributed by atoms with Crippen molar-refractivity contribution in [2.75, 3.05) is 12.4 Å². The zero-order valence-corrected chi connectivity index (χ0v) is 16.4. The Morgan fingerprint density at radius 2 is 1.76 bits per heavy atom. The van der Waals surface area contributed by atoms with Crippen molar-refractivity contribution in [3.05, 3.63) is 74.8 Å². The molecular weight excluding hydrogens is 394 g/mol. The molecule has 0 saturated heterocycles. The van der Waals surface area contributed by atoms with Crippen LogP contribution in [0.3, 0.4) is 0 Å². The van der Waals surface area contributed by atoms with Crippen LogP contribution < -0.4 is 16.2 Å². The summed E-state index contributed by atoms with van der Waals surface area (Å²) in [4.78, 5) is 40.0.